The molecule has 0 atom stereocenters. The number of hydrogen-bond acceptors (Lipinski definition) is 4. The van der Waals surface area contributed by atoms with Crippen molar-refractivity contribution in [2.75, 3.05) is 0 Å². The molecule has 0 aliphatic rings. The first kappa shape index (κ1) is 38.3. The van der Waals surface area contributed by atoms with Crippen molar-refractivity contribution in [2.45, 2.75) is 0 Å². The molecule has 8 aromatic carbocycles. The van der Waals surface area contributed by atoms with Gasteiger partial charge >= 0.3 is 0 Å². The fourth-order valence-electron chi connectivity index (χ4n) is 9.53. The summed E-state index contributed by atoms with van der Waals surface area (Å²) in [6.07, 6.45) is 3.87. The number of nitriles is 2. The van der Waals surface area contributed by atoms with E-state index in [-0.39, 0.29) is 0 Å². The van der Waals surface area contributed by atoms with E-state index in [0.717, 1.165) is 111 Å². The zero-order valence-corrected chi connectivity index (χ0v) is 35.5. The van der Waals surface area contributed by atoms with E-state index >= 15 is 0 Å². The van der Waals surface area contributed by atoms with Crippen LogP contribution in [0.5, 0.6) is 0 Å². The van der Waals surface area contributed by atoms with Crippen LogP contribution in [-0.2, 0) is 0 Å². The Morgan fingerprint density at radius 2 is 0.818 bits per heavy atom. The molecule has 306 valence electrons. The van der Waals surface area contributed by atoms with E-state index in [1.165, 1.54) is 0 Å². The van der Waals surface area contributed by atoms with Crippen molar-refractivity contribution in [2.24, 2.45) is 0 Å². The largest absolute Gasteiger partial charge is 0.309 e. The third kappa shape index (κ3) is 6.41. The minimum atomic E-state index is 0.509. The van der Waals surface area contributed by atoms with Gasteiger partial charge in [0.2, 0.25) is 0 Å². The smallest absolute Gasteiger partial charge is 0.101 e. The van der Waals surface area contributed by atoms with Crippen LogP contribution < -0.4 is 0 Å². The van der Waals surface area contributed by atoms with Crippen LogP contribution >= 0.6 is 0 Å². The topological polar surface area (TPSA) is 83.2 Å². The maximum Gasteiger partial charge on any atom is 0.101 e. The second-order valence-electron chi connectivity index (χ2n) is 16.5. The summed E-state index contributed by atoms with van der Waals surface area (Å²) < 4.78 is 4.49. The summed E-state index contributed by atoms with van der Waals surface area (Å²) in [5, 5.41) is 25.8. The van der Waals surface area contributed by atoms with E-state index in [9.17, 15) is 10.5 Å². The second-order valence-corrected chi connectivity index (χ2v) is 16.5. The number of aromatic nitrogens is 4. The van der Waals surface area contributed by atoms with Gasteiger partial charge in [-0.3, -0.25) is 9.97 Å². The summed E-state index contributed by atoms with van der Waals surface area (Å²) in [4.78, 5) is 9.71. The molecule has 0 aliphatic heterocycles. The van der Waals surface area contributed by atoms with Crippen molar-refractivity contribution in [3.05, 3.63) is 230 Å². The van der Waals surface area contributed by atoms with Crippen LogP contribution in [0.15, 0.2) is 219 Å². The van der Waals surface area contributed by atoms with Crippen molar-refractivity contribution >= 4 is 43.6 Å². The normalized spacial score (nSPS) is 11.3. The molecule has 0 bridgehead atoms. The Labute approximate surface area is 380 Å². The Balaban J connectivity index is 1.08. The molecule has 0 spiro atoms. The van der Waals surface area contributed by atoms with E-state index in [1.54, 1.807) is 0 Å². The fourth-order valence-corrected chi connectivity index (χ4v) is 9.53. The summed E-state index contributed by atoms with van der Waals surface area (Å²) in [6, 6.07) is 75.5. The van der Waals surface area contributed by atoms with Gasteiger partial charge in [-0.25, -0.2) is 0 Å². The van der Waals surface area contributed by atoms with Crippen molar-refractivity contribution < 1.29 is 0 Å². The van der Waals surface area contributed by atoms with Gasteiger partial charge in [0.15, 0.2) is 0 Å². The molecule has 6 heteroatoms. The molecule has 0 saturated heterocycles. The number of benzene rings is 8. The lowest BCUT2D eigenvalue weighted by molar-refractivity contribution is 1.14. The second kappa shape index (κ2) is 15.8. The third-order valence-electron chi connectivity index (χ3n) is 12.7. The van der Waals surface area contributed by atoms with Gasteiger partial charge in [0, 0.05) is 61.8 Å². The maximum absolute atomic E-state index is 11.3. The molecule has 4 heterocycles. The molecule has 0 aliphatic carbocycles. The van der Waals surface area contributed by atoms with Crippen LogP contribution in [0.1, 0.15) is 11.1 Å². The Morgan fingerprint density at radius 1 is 0.333 bits per heavy atom. The van der Waals surface area contributed by atoms with Crippen LogP contribution in [0.3, 0.4) is 0 Å². The first-order chi connectivity index (χ1) is 32.6. The van der Waals surface area contributed by atoms with Crippen molar-refractivity contribution in [3.8, 4) is 79.4 Å². The number of rotatable bonds is 7. The lowest BCUT2D eigenvalue weighted by Gasteiger charge is -2.19. The Kier molecular flexibility index (Phi) is 9.16. The van der Waals surface area contributed by atoms with E-state index in [4.69, 9.17) is 9.97 Å². The number of para-hydroxylation sites is 2. The van der Waals surface area contributed by atoms with E-state index in [1.807, 2.05) is 85.2 Å². The van der Waals surface area contributed by atoms with Crippen molar-refractivity contribution in [3.63, 3.8) is 0 Å². The van der Waals surface area contributed by atoms with Crippen LogP contribution in [0.2, 0.25) is 0 Å². The minimum Gasteiger partial charge on any atom is -0.309 e. The summed E-state index contributed by atoms with van der Waals surface area (Å²) in [5.74, 6) is 0. The van der Waals surface area contributed by atoms with Gasteiger partial charge in [-0.1, -0.05) is 146 Å². The molecule has 0 radical (unpaired) electrons. The van der Waals surface area contributed by atoms with Gasteiger partial charge in [0.1, 0.15) is 6.07 Å². The molecular formula is C60H36N6. The molecule has 0 unspecified atom stereocenters. The summed E-state index contributed by atoms with van der Waals surface area (Å²) in [5.41, 5.74) is 16.3. The minimum absolute atomic E-state index is 0.509. The molecule has 0 N–H and O–H groups in total. The van der Waals surface area contributed by atoms with Gasteiger partial charge in [0.25, 0.3) is 0 Å². The molecule has 12 aromatic rings. The van der Waals surface area contributed by atoms with Crippen LogP contribution in [0, 0.1) is 22.7 Å². The first-order valence-corrected chi connectivity index (χ1v) is 21.8. The van der Waals surface area contributed by atoms with Gasteiger partial charge in [0.05, 0.1) is 62.0 Å². The van der Waals surface area contributed by atoms with Crippen LogP contribution in [0.4, 0.5) is 0 Å². The van der Waals surface area contributed by atoms with Gasteiger partial charge in [-0.2, -0.15) is 10.5 Å². The highest BCUT2D eigenvalue weighted by molar-refractivity contribution is 6.12. The molecule has 0 fully saturated rings. The van der Waals surface area contributed by atoms with Gasteiger partial charge in [-0.15, -0.1) is 0 Å². The number of fused-ring (bicyclic) bond motifs is 6. The van der Waals surface area contributed by atoms with E-state index < -0.39 is 0 Å². The lowest BCUT2D eigenvalue weighted by atomic mass is 9.97. The quantitative estimate of drug-likeness (QED) is 0.160. The highest BCUT2D eigenvalue weighted by atomic mass is 15.0. The molecule has 0 amide bonds. The van der Waals surface area contributed by atoms with Crippen molar-refractivity contribution in [1.29, 1.82) is 10.5 Å². The zero-order chi connectivity index (χ0) is 44.1. The molecule has 12 rings (SSSR count). The predicted octanol–water partition coefficient (Wildman–Crippen LogP) is 14.7. The average Bonchev–Trinajstić information content (AvgIpc) is 3.91. The first-order valence-electron chi connectivity index (χ1n) is 21.8. The SMILES string of the molecule is N#Cc1cccc(-c2cc(-n3c4ccccc4c4ccc(-c5ccc(-c6ccccc6)nc5)cc43)c(C#N)cc2-n2c3ccccc3c3ccc(-c4ccc(-c5ccccc5)nc4)cc32)c1. The number of nitrogens with zero attached hydrogens (tertiary/aromatic N) is 6. The number of hydrogen-bond donors (Lipinski definition) is 0. The summed E-state index contributed by atoms with van der Waals surface area (Å²) in [6.45, 7) is 0. The van der Waals surface area contributed by atoms with E-state index in [2.05, 4.69) is 155 Å². The molecule has 0 saturated carbocycles. The van der Waals surface area contributed by atoms with Crippen molar-refractivity contribution in [1.82, 2.24) is 19.1 Å². The average molecular weight is 841 g/mol. The summed E-state index contributed by atoms with van der Waals surface area (Å²) >= 11 is 0. The van der Waals surface area contributed by atoms with Gasteiger partial charge < -0.3 is 9.13 Å². The fraction of sp³-hybridized carbons (Fsp3) is 0. The highest BCUT2D eigenvalue weighted by Gasteiger charge is 2.23. The maximum atomic E-state index is 11.3. The van der Waals surface area contributed by atoms with Crippen LogP contribution in [-0.4, -0.2) is 19.1 Å². The predicted molar refractivity (Wildman–Crippen MR) is 267 cm³/mol. The summed E-state index contributed by atoms with van der Waals surface area (Å²) in [7, 11) is 0. The Morgan fingerprint density at radius 3 is 1.33 bits per heavy atom. The molecule has 4 aromatic heterocycles. The Bertz CT molecular complexity index is 3920. The number of pyridine rings is 2. The van der Waals surface area contributed by atoms with Gasteiger partial charge in [-0.05, 0) is 77.4 Å². The third-order valence-corrected chi connectivity index (χ3v) is 12.7. The zero-order valence-electron chi connectivity index (χ0n) is 35.5. The highest BCUT2D eigenvalue weighted by Crippen LogP contribution is 2.42. The molecule has 66 heavy (non-hydrogen) atoms. The Hall–Kier alpha value is -9.36. The standard InChI is InChI=1S/C60H36N6/c61-35-39-12-11-17-44(30-39)52-34-57(65-55-20-9-7-18-48(55)50-26-22-42(31-58(50)65)45-24-28-53(63-37-45)40-13-3-1-4-14-40)47(36-62)33-60(52)66-56-21-10-8-19-49(56)51-27-23-43(32-59(51)66)46-25-29-54(64-38-46)41-15-5-2-6-16-41/h1-34,37-38H. The monoisotopic (exact) mass is 840 g/mol. The molecular weight excluding hydrogens is 805 g/mol. The molecule has 6 nitrogen and oxygen atoms in total. The lowest BCUT2D eigenvalue weighted by Crippen LogP contribution is -2.04. The van der Waals surface area contributed by atoms with Crippen LogP contribution in [0.25, 0.3) is 111 Å². The van der Waals surface area contributed by atoms with E-state index in [0.29, 0.717) is 11.1 Å².